The van der Waals surface area contributed by atoms with Crippen LogP contribution in [0.15, 0.2) is 23.1 Å². The zero-order chi connectivity index (χ0) is 13.9. The van der Waals surface area contributed by atoms with E-state index in [4.69, 9.17) is 33.4 Å². The summed E-state index contributed by atoms with van der Waals surface area (Å²) < 4.78 is 25.4. The van der Waals surface area contributed by atoms with Crippen LogP contribution in [0.5, 0.6) is 0 Å². The van der Waals surface area contributed by atoms with Gasteiger partial charge in [-0.05, 0) is 18.2 Å². The second-order valence-electron chi connectivity index (χ2n) is 3.30. The van der Waals surface area contributed by atoms with E-state index in [1.54, 1.807) is 0 Å². The number of carboxylic acid groups (broad SMARTS) is 1. The molecule has 0 saturated carbocycles. The molecule has 0 bridgehead atoms. The Bertz CT molecular complexity index is 540. The van der Waals surface area contributed by atoms with Crippen molar-refractivity contribution in [3.8, 4) is 0 Å². The average molecular weight is 314 g/mol. The summed E-state index contributed by atoms with van der Waals surface area (Å²) >= 11 is 11.3. The van der Waals surface area contributed by atoms with Gasteiger partial charge in [0.05, 0.1) is 11.5 Å². The molecule has 0 heterocycles. The fourth-order valence-electron chi connectivity index (χ4n) is 1.10. The zero-order valence-corrected chi connectivity index (χ0v) is 11.1. The second kappa shape index (κ2) is 5.85. The lowest BCUT2D eigenvalue weighted by Crippen LogP contribution is -2.43. The van der Waals surface area contributed by atoms with Crippen LogP contribution in [0.1, 0.15) is 0 Å². The number of aliphatic carboxylic acids is 1. The monoisotopic (exact) mass is 313 g/mol. The van der Waals surface area contributed by atoms with Crippen LogP contribution in [-0.4, -0.2) is 37.2 Å². The lowest BCUT2D eigenvalue weighted by Gasteiger charge is -2.12. The lowest BCUT2D eigenvalue weighted by atomic mass is 10.3. The fourth-order valence-corrected chi connectivity index (χ4v) is 3.01. The highest BCUT2D eigenvalue weighted by Crippen LogP contribution is 2.22. The van der Waals surface area contributed by atoms with E-state index in [2.05, 4.69) is 0 Å². The number of rotatable bonds is 5. The third-order valence-electron chi connectivity index (χ3n) is 1.92. The van der Waals surface area contributed by atoms with Crippen LogP contribution in [-0.2, 0) is 14.8 Å². The number of hydrogen-bond donors (Lipinski definition) is 3. The largest absolute Gasteiger partial charge is 0.480 e. The summed E-state index contributed by atoms with van der Waals surface area (Å²) in [5, 5.41) is 17.6. The molecule has 6 nitrogen and oxygen atoms in total. The molecule has 9 heteroatoms. The summed E-state index contributed by atoms with van der Waals surface area (Å²) in [7, 11) is -4.12. The number of hydrogen-bond acceptors (Lipinski definition) is 4. The molecular formula is C9H9Cl2NO5S. The first-order valence-electron chi connectivity index (χ1n) is 4.58. The zero-order valence-electron chi connectivity index (χ0n) is 8.80. The standard InChI is InChI=1S/C9H9Cl2NO5S/c10-5-1-6(11)3-7(2-5)18(16,17)12-8(4-13)9(14)15/h1-3,8,12-13H,4H2,(H,14,15). The average Bonchev–Trinajstić information content (AvgIpc) is 2.24. The summed E-state index contributed by atoms with van der Waals surface area (Å²) in [5.41, 5.74) is 0. The van der Waals surface area contributed by atoms with Crippen molar-refractivity contribution in [2.75, 3.05) is 6.61 Å². The Balaban J connectivity index is 3.10. The SMILES string of the molecule is O=C(O)C(CO)NS(=O)(=O)c1cc(Cl)cc(Cl)c1. The van der Waals surface area contributed by atoms with Crippen molar-refractivity contribution in [3.05, 3.63) is 28.2 Å². The molecule has 1 aromatic carbocycles. The molecule has 0 fully saturated rings. The van der Waals surface area contributed by atoms with Gasteiger partial charge in [-0.25, -0.2) is 8.42 Å². The molecule has 1 rings (SSSR count). The van der Waals surface area contributed by atoms with E-state index in [0.717, 1.165) is 12.1 Å². The Morgan fingerprint density at radius 3 is 2.17 bits per heavy atom. The van der Waals surface area contributed by atoms with E-state index in [1.165, 1.54) is 6.07 Å². The molecule has 1 unspecified atom stereocenters. The van der Waals surface area contributed by atoms with E-state index in [0.29, 0.717) is 0 Å². The van der Waals surface area contributed by atoms with E-state index < -0.39 is 28.6 Å². The summed E-state index contributed by atoms with van der Waals surface area (Å²) in [6.07, 6.45) is 0. The molecule has 0 radical (unpaired) electrons. The maximum absolute atomic E-state index is 11.8. The smallest absolute Gasteiger partial charge is 0.324 e. The number of nitrogens with one attached hydrogen (secondary N) is 1. The highest BCUT2D eigenvalue weighted by Gasteiger charge is 2.25. The number of carboxylic acids is 1. The maximum atomic E-state index is 11.8. The van der Waals surface area contributed by atoms with Crippen LogP contribution >= 0.6 is 23.2 Å². The summed E-state index contributed by atoms with van der Waals surface area (Å²) in [4.78, 5) is 10.4. The third-order valence-corrected chi connectivity index (χ3v) is 3.81. The molecule has 0 saturated heterocycles. The highest BCUT2D eigenvalue weighted by molar-refractivity contribution is 7.89. The van der Waals surface area contributed by atoms with Crippen molar-refractivity contribution >= 4 is 39.2 Å². The van der Waals surface area contributed by atoms with Crippen molar-refractivity contribution in [1.29, 1.82) is 0 Å². The summed E-state index contributed by atoms with van der Waals surface area (Å²) in [6.45, 7) is -0.872. The van der Waals surface area contributed by atoms with E-state index in [9.17, 15) is 13.2 Å². The number of sulfonamides is 1. The quantitative estimate of drug-likeness (QED) is 0.743. The maximum Gasteiger partial charge on any atom is 0.324 e. The number of halogens is 2. The van der Waals surface area contributed by atoms with Gasteiger partial charge in [0.2, 0.25) is 10.0 Å². The Labute approximate surface area is 113 Å². The van der Waals surface area contributed by atoms with Gasteiger partial charge >= 0.3 is 5.97 Å². The van der Waals surface area contributed by atoms with Crippen molar-refractivity contribution in [2.24, 2.45) is 0 Å². The van der Waals surface area contributed by atoms with Crippen LogP contribution in [0.25, 0.3) is 0 Å². The predicted octanol–water partition coefficient (Wildman–Crippen LogP) is 0.717. The minimum atomic E-state index is -4.12. The van der Waals surface area contributed by atoms with Crippen molar-refractivity contribution in [1.82, 2.24) is 4.72 Å². The van der Waals surface area contributed by atoms with Gasteiger partial charge in [0.25, 0.3) is 0 Å². The molecular weight excluding hydrogens is 305 g/mol. The number of aliphatic hydroxyl groups excluding tert-OH is 1. The Hall–Kier alpha value is -0.860. The van der Waals surface area contributed by atoms with Crippen molar-refractivity contribution < 1.29 is 23.4 Å². The molecule has 0 aliphatic carbocycles. The Morgan fingerprint density at radius 2 is 1.78 bits per heavy atom. The Kier molecular flexibility index (Phi) is 4.94. The molecule has 0 aliphatic rings. The van der Waals surface area contributed by atoms with Gasteiger partial charge in [0.15, 0.2) is 0 Å². The minimum absolute atomic E-state index is 0.0961. The predicted molar refractivity (Wildman–Crippen MR) is 65.3 cm³/mol. The summed E-state index contributed by atoms with van der Waals surface area (Å²) in [5.74, 6) is -1.49. The first-order valence-corrected chi connectivity index (χ1v) is 6.82. The number of aliphatic hydroxyl groups is 1. The third kappa shape index (κ3) is 3.82. The molecule has 0 aromatic heterocycles. The van der Waals surface area contributed by atoms with Crippen molar-refractivity contribution in [2.45, 2.75) is 10.9 Å². The molecule has 0 amide bonds. The van der Waals surface area contributed by atoms with E-state index in [1.807, 2.05) is 4.72 Å². The molecule has 0 spiro atoms. The van der Waals surface area contributed by atoms with Crippen LogP contribution in [0, 0.1) is 0 Å². The van der Waals surface area contributed by atoms with Crippen LogP contribution in [0.2, 0.25) is 10.0 Å². The van der Waals surface area contributed by atoms with Crippen LogP contribution in [0.4, 0.5) is 0 Å². The lowest BCUT2D eigenvalue weighted by molar-refractivity contribution is -0.139. The topological polar surface area (TPSA) is 104 Å². The van der Waals surface area contributed by atoms with Gasteiger partial charge in [-0.2, -0.15) is 4.72 Å². The second-order valence-corrected chi connectivity index (χ2v) is 5.89. The Morgan fingerprint density at radius 1 is 1.28 bits per heavy atom. The van der Waals surface area contributed by atoms with E-state index >= 15 is 0 Å². The molecule has 1 aromatic rings. The van der Waals surface area contributed by atoms with Crippen LogP contribution in [0.3, 0.4) is 0 Å². The van der Waals surface area contributed by atoms with Gasteiger partial charge in [0, 0.05) is 10.0 Å². The van der Waals surface area contributed by atoms with E-state index in [-0.39, 0.29) is 14.9 Å². The van der Waals surface area contributed by atoms with Gasteiger partial charge in [0.1, 0.15) is 6.04 Å². The molecule has 1 atom stereocenters. The minimum Gasteiger partial charge on any atom is -0.480 e. The van der Waals surface area contributed by atoms with Gasteiger partial charge in [-0.1, -0.05) is 23.2 Å². The summed E-state index contributed by atoms with van der Waals surface area (Å²) in [6, 6.07) is 1.94. The van der Waals surface area contributed by atoms with Gasteiger partial charge < -0.3 is 10.2 Å². The van der Waals surface area contributed by atoms with Gasteiger partial charge in [-0.3, -0.25) is 4.79 Å². The normalized spacial score (nSPS) is 13.3. The molecule has 3 N–H and O–H groups in total. The number of benzene rings is 1. The first kappa shape index (κ1) is 15.2. The number of carbonyl (C=O) groups is 1. The van der Waals surface area contributed by atoms with Crippen LogP contribution < -0.4 is 4.72 Å². The fraction of sp³-hybridized carbons (Fsp3) is 0.222. The van der Waals surface area contributed by atoms with Crippen molar-refractivity contribution in [3.63, 3.8) is 0 Å². The molecule has 0 aliphatic heterocycles. The molecule has 100 valence electrons. The highest BCUT2D eigenvalue weighted by atomic mass is 35.5. The first-order chi connectivity index (χ1) is 8.26. The van der Waals surface area contributed by atoms with Gasteiger partial charge in [-0.15, -0.1) is 0 Å². The molecule has 18 heavy (non-hydrogen) atoms.